The molecule has 118 valence electrons. The van der Waals surface area contributed by atoms with Gasteiger partial charge >= 0.3 is 0 Å². The van der Waals surface area contributed by atoms with Gasteiger partial charge in [0, 0.05) is 26.1 Å². The Bertz CT molecular complexity index is 703. The zero-order chi connectivity index (χ0) is 15.4. The molecule has 22 heavy (non-hydrogen) atoms. The Morgan fingerprint density at radius 1 is 1.27 bits per heavy atom. The zero-order valence-electron chi connectivity index (χ0n) is 12.3. The van der Waals surface area contributed by atoms with E-state index in [1.54, 1.807) is 3.96 Å². The molecule has 0 aliphatic carbocycles. The lowest BCUT2D eigenvalue weighted by Gasteiger charge is -2.26. The molecule has 1 amide bonds. The van der Waals surface area contributed by atoms with Gasteiger partial charge < -0.3 is 10.1 Å². The molecule has 1 N–H and O–H groups in total. The summed E-state index contributed by atoms with van der Waals surface area (Å²) in [5.74, 6) is -0.0316. The fourth-order valence-corrected chi connectivity index (χ4v) is 3.41. The molecular formula is C15H19N3O3S. The molecule has 0 unspecified atom stereocenters. The molecule has 6 nitrogen and oxygen atoms in total. The summed E-state index contributed by atoms with van der Waals surface area (Å²) in [4.78, 5) is 26.2. The number of carbonyl (C=O) groups excluding carboxylic acids is 1. The van der Waals surface area contributed by atoms with Crippen molar-refractivity contribution in [1.82, 2.24) is 14.2 Å². The second kappa shape index (κ2) is 7.04. The topological polar surface area (TPSA) is 63.6 Å². The summed E-state index contributed by atoms with van der Waals surface area (Å²) < 4.78 is 7.87. The van der Waals surface area contributed by atoms with Crippen molar-refractivity contribution in [3.05, 3.63) is 34.6 Å². The Balaban J connectivity index is 1.51. The summed E-state index contributed by atoms with van der Waals surface area (Å²) in [6, 6.07) is 7.52. The van der Waals surface area contributed by atoms with E-state index in [-0.39, 0.29) is 11.5 Å². The number of carbonyl (C=O) groups is 1. The lowest BCUT2D eigenvalue weighted by atomic mass is 10.3. The summed E-state index contributed by atoms with van der Waals surface area (Å²) in [5, 5.41) is 3.62. The van der Waals surface area contributed by atoms with Crippen LogP contribution >= 0.6 is 11.5 Å². The maximum Gasteiger partial charge on any atom is 0.268 e. The van der Waals surface area contributed by atoms with Crippen molar-refractivity contribution in [2.24, 2.45) is 0 Å². The molecule has 0 spiro atoms. The number of ether oxygens (including phenoxy) is 1. The number of morpholine rings is 1. The Labute approximate surface area is 132 Å². The lowest BCUT2D eigenvalue weighted by Crippen LogP contribution is -2.43. The molecule has 0 saturated carbocycles. The van der Waals surface area contributed by atoms with Crippen LogP contribution < -0.4 is 10.9 Å². The van der Waals surface area contributed by atoms with Crippen molar-refractivity contribution in [3.63, 3.8) is 0 Å². The predicted octanol–water partition coefficient (Wildman–Crippen LogP) is 0.859. The van der Waals surface area contributed by atoms with Crippen LogP contribution in [0.3, 0.4) is 0 Å². The van der Waals surface area contributed by atoms with Gasteiger partial charge in [0.25, 0.3) is 5.56 Å². The number of nitrogens with zero attached hydrogens (tertiary/aromatic N) is 2. The second-order valence-electron chi connectivity index (χ2n) is 5.23. The van der Waals surface area contributed by atoms with Gasteiger partial charge in [0.05, 0.1) is 30.0 Å². The number of amides is 1. The maximum absolute atomic E-state index is 12.2. The molecule has 1 aromatic heterocycles. The molecule has 1 aliphatic heterocycles. The van der Waals surface area contributed by atoms with E-state index >= 15 is 0 Å². The molecule has 0 bridgehead atoms. The Morgan fingerprint density at radius 2 is 2.05 bits per heavy atom. The van der Waals surface area contributed by atoms with E-state index in [2.05, 4.69) is 10.2 Å². The van der Waals surface area contributed by atoms with Gasteiger partial charge in [-0.25, -0.2) is 0 Å². The van der Waals surface area contributed by atoms with E-state index < -0.39 is 0 Å². The zero-order valence-corrected chi connectivity index (χ0v) is 13.1. The quantitative estimate of drug-likeness (QED) is 0.887. The molecule has 0 atom stereocenters. The normalized spacial score (nSPS) is 16.0. The van der Waals surface area contributed by atoms with E-state index in [4.69, 9.17) is 4.74 Å². The second-order valence-corrected chi connectivity index (χ2v) is 6.30. The number of benzene rings is 1. The van der Waals surface area contributed by atoms with Crippen LogP contribution in [0.4, 0.5) is 0 Å². The number of rotatable bonds is 5. The SMILES string of the molecule is O=C(CCn1sc2ccccc2c1=O)NCN1CCOCC1. The van der Waals surface area contributed by atoms with Gasteiger partial charge in [-0.15, -0.1) is 0 Å². The largest absolute Gasteiger partial charge is 0.379 e. The summed E-state index contributed by atoms with van der Waals surface area (Å²) in [5.41, 5.74) is -0.0124. The Morgan fingerprint density at radius 3 is 2.82 bits per heavy atom. The molecule has 1 fully saturated rings. The van der Waals surface area contributed by atoms with E-state index in [1.807, 2.05) is 24.3 Å². The van der Waals surface area contributed by atoms with Crippen LogP contribution in [0.25, 0.3) is 10.1 Å². The fourth-order valence-electron chi connectivity index (χ4n) is 2.42. The Kier molecular flexibility index (Phi) is 4.87. The van der Waals surface area contributed by atoms with Gasteiger partial charge in [0.15, 0.2) is 0 Å². The van der Waals surface area contributed by atoms with E-state index in [1.165, 1.54) is 11.5 Å². The minimum absolute atomic E-state index is 0.0124. The van der Waals surface area contributed by atoms with Crippen LogP contribution in [0.1, 0.15) is 6.42 Å². The van der Waals surface area contributed by atoms with Gasteiger partial charge in [0.2, 0.25) is 5.91 Å². The van der Waals surface area contributed by atoms with E-state index in [0.29, 0.717) is 32.8 Å². The number of nitrogens with one attached hydrogen (secondary N) is 1. The highest BCUT2D eigenvalue weighted by Gasteiger charge is 2.12. The minimum atomic E-state index is -0.0316. The first-order valence-electron chi connectivity index (χ1n) is 7.40. The van der Waals surface area contributed by atoms with Crippen LogP contribution in [0.15, 0.2) is 29.1 Å². The fraction of sp³-hybridized carbons (Fsp3) is 0.467. The van der Waals surface area contributed by atoms with Gasteiger partial charge in [-0.05, 0) is 12.1 Å². The van der Waals surface area contributed by atoms with E-state index in [9.17, 15) is 9.59 Å². The van der Waals surface area contributed by atoms with Gasteiger partial charge in [-0.3, -0.25) is 18.4 Å². The first kappa shape index (κ1) is 15.2. The Hall–Kier alpha value is -1.70. The molecule has 2 heterocycles. The third-order valence-electron chi connectivity index (χ3n) is 3.70. The predicted molar refractivity (Wildman–Crippen MR) is 86.1 cm³/mol. The number of hydrogen-bond donors (Lipinski definition) is 1. The molecular weight excluding hydrogens is 302 g/mol. The van der Waals surface area contributed by atoms with Gasteiger partial charge in [-0.2, -0.15) is 0 Å². The van der Waals surface area contributed by atoms with Crippen molar-refractivity contribution in [1.29, 1.82) is 0 Å². The number of fused-ring (bicyclic) bond motifs is 1. The maximum atomic E-state index is 12.2. The highest BCUT2D eigenvalue weighted by atomic mass is 32.1. The number of aromatic nitrogens is 1. The third kappa shape index (κ3) is 3.55. The van der Waals surface area contributed by atoms with Gasteiger partial charge in [0.1, 0.15) is 0 Å². The molecule has 7 heteroatoms. The minimum Gasteiger partial charge on any atom is -0.379 e. The van der Waals surface area contributed by atoms with Crippen molar-refractivity contribution >= 4 is 27.5 Å². The summed E-state index contributed by atoms with van der Waals surface area (Å²) in [6.45, 7) is 4.09. The smallest absolute Gasteiger partial charge is 0.268 e. The van der Waals surface area contributed by atoms with Gasteiger partial charge in [-0.1, -0.05) is 23.7 Å². The molecule has 1 aliphatic rings. The highest BCUT2D eigenvalue weighted by molar-refractivity contribution is 7.13. The van der Waals surface area contributed by atoms with E-state index in [0.717, 1.165) is 23.2 Å². The number of aryl methyl sites for hydroxylation is 1. The summed E-state index contributed by atoms with van der Waals surface area (Å²) in [6.07, 6.45) is 0.317. The first-order valence-corrected chi connectivity index (χ1v) is 8.17. The number of hydrogen-bond acceptors (Lipinski definition) is 5. The van der Waals surface area contributed by atoms with Crippen LogP contribution in [-0.4, -0.2) is 47.7 Å². The van der Waals surface area contributed by atoms with Crippen LogP contribution in [0.2, 0.25) is 0 Å². The average Bonchev–Trinajstić information content (AvgIpc) is 2.88. The standard InChI is InChI=1S/C15H19N3O3S/c19-14(16-11-17-7-9-21-10-8-17)5-6-18-15(20)12-3-1-2-4-13(12)22-18/h1-4H,5-11H2,(H,16,19). The molecule has 1 saturated heterocycles. The van der Waals surface area contributed by atoms with Crippen LogP contribution in [-0.2, 0) is 16.1 Å². The van der Waals surface area contributed by atoms with Crippen molar-refractivity contribution in [3.8, 4) is 0 Å². The highest BCUT2D eigenvalue weighted by Crippen LogP contribution is 2.15. The monoisotopic (exact) mass is 321 g/mol. The van der Waals surface area contributed by atoms with Crippen molar-refractivity contribution in [2.45, 2.75) is 13.0 Å². The molecule has 0 radical (unpaired) electrons. The molecule has 2 aromatic rings. The lowest BCUT2D eigenvalue weighted by molar-refractivity contribution is -0.122. The summed E-state index contributed by atoms with van der Waals surface area (Å²) >= 11 is 1.41. The van der Waals surface area contributed by atoms with Crippen molar-refractivity contribution in [2.75, 3.05) is 33.0 Å². The first-order chi connectivity index (χ1) is 10.7. The van der Waals surface area contributed by atoms with Crippen LogP contribution in [0.5, 0.6) is 0 Å². The van der Waals surface area contributed by atoms with Crippen LogP contribution in [0, 0.1) is 0 Å². The summed E-state index contributed by atoms with van der Waals surface area (Å²) in [7, 11) is 0. The molecule has 3 rings (SSSR count). The van der Waals surface area contributed by atoms with Crippen molar-refractivity contribution < 1.29 is 9.53 Å². The third-order valence-corrected chi connectivity index (χ3v) is 4.82. The molecule has 1 aromatic carbocycles. The average molecular weight is 321 g/mol.